The highest BCUT2D eigenvalue weighted by Crippen LogP contribution is 2.41. The van der Waals surface area contributed by atoms with E-state index >= 15 is 0 Å². The van der Waals surface area contributed by atoms with Crippen molar-refractivity contribution in [3.05, 3.63) is 59.7 Å². The van der Waals surface area contributed by atoms with Gasteiger partial charge in [0, 0.05) is 0 Å². The Bertz CT molecular complexity index is 756. The van der Waals surface area contributed by atoms with Gasteiger partial charge in [-0.25, -0.2) is 0 Å². The van der Waals surface area contributed by atoms with Gasteiger partial charge >= 0.3 is 0 Å². The highest BCUT2D eigenvalue weighted by atomic mass is 35.5. The van der Waals surface area contributed by atoms with E-state index in [0.717, 1.165) is 11.5 Å². The van der Waals surface area contributed by atoms with Gasteiger partial charge in [0.1, 0.15) is 0 Å². The molecule has 0 saturated heterocycles. The summed E-state index contributed by atoms with van der Waals surface area (Å²) in [6.45, 7) is 4.54. The molecule has 0 aromatic heterocycles. The van der Waals surface area contributed by atoms with Crippen LogP contribution in [-0.4, -0.2) is 5.38 Å². The number of hydrogen-bond acceptors (Lipinski definition) is 0. The van der Waals surface area contributed by atoms with Gasteiger partial charge in [0.15, 0.2) is 0 Å². The van der Waals surface area contributed by atoms with E-state index in [2.05, 4.69) is 62.4 Å². The standard InChI is InChI=1S/C30H42Cl2/c1-3-5-7-9-23-11-15-25(16-12-23)26-19-21-28(22-20-26)30(32)29(31)27-17-13-24(14-18-27)10-8-6-4-2/h11-12,15-16,19-22,24,27,29-30H,3-10,13-14,17-18H2,1-2H3/t24?,27?,29-,30+/m0/s1. The number of benzene rings is 2. The van der Waals surface area contributed by atoms with E-state index in [0.29, 0.717) is 5.92 Å². The Hall–Kier alpha value is -0.980. The predicted octanol–water partition coefficient (Wildman–Crippen LogP) is 10.4. The molecule has 2 heteroatoms. The minimum absolute atomic E-state index is 0.0153. The van der Waals surface area contributed by atoms with E-state index in [9.17, 15) is 0 Å². The molecule has 0 nitrogen and oxygen atoms in total. The highest BCUT2D eigenvalue weighted by Gasteiger charge is 2.31. The van der Waals surface area contributed by atoms with Crippen LogP contribution in [0.2, 0.25) is 0 Å². The average Bonchev–Trinajstić information content (AvgIpc) is 2.84. The van der Waals surface area contributed by atoms with Crippen molar-refractivity contribution in [2.45, 2.75) is 102 Å². The van der Waals surface area contributed by atoms with Gasteiger partial charge in [-0.2, -0.15) is 0 Å². The van der Waals surface area contributed by atoms with Crippen molar-refractivity contribution in [1.29, 1.82) is 0 Å². The van der Waals surface area contributed by atoms with Crippen LogP contribution in [0.3, 0.4) is 0 Å². The van der Waals surface area contributed by atoms with Crippen LogP contribution in [0.5, 0.6) is 0 Å². The van der Waals surface area contributed by atoms with E-state index in [4.69, 9.17) is 23.2 Å². The molecule has 1 aliphatic rings. The summed E-state index contributed by atoms with van der Waals surface area (Å²) >= 11 is 13.8. The molecule has 1 fully saturated rings. The van der Waals surface area contributed by atoms with Crippen molar-refractivity contribution in [3.8, 4) is 11.1 Å². The lowest BCUT2D eigenvalue weighted by molar-refractivity contribution is 0.250. The summed E-state index contributed by atoms with van der Waals surface area (Å²) in [6.07, 6.45) is 15.6. The van der Waals surface area contributed by atoms with Gasteiger partial charge in [-0.05, 0) is 59.8 Å². The minimum atomic E-state index is -0.117. The fourth-order valence-electron chi connectivity index (χ4n) is 5.20. The number of hydrogen-bond donors (Lipinski definition) is 0. The van der Waals surface area contributed by atoms with Crippen LogP contribution >= 0.6 is 23.2 Å². The normalized spacial score (nSPS) is 20.8. The van der Waals surface area contributed by atoms with Crippen molar-refractivity contribution >= 4 is 23.2 Å². The molecule has 0 unspecified atom stereocenters. The van der Waals surface area contributed by atoms with Crippen LogP contribution in [0.4, 0.5) is 0 Å². The molecule has 0 bridgehead atoms. The minimum Gasteiger partial charge on any atom is -0.121 e. The molecule has 0 N–H and O–H groups in total. The second kappa shape index (κ2) is 13.7. The lowest BCUT2D eigenvalue weighted by atomic mass is 9.77. The van der Waals surface area contributed by atoms with Gasteiger partial charge in [0.2, 0.25) is 0 Å². The van der Waals surface area contributed by atoms with Crippen molar-refractivity contribution in [2.75, 3.05) is 0 Å². The Morgan fingerprint density at radius 2 is 1.28 bits per heavy atom. The molecule has 0 heterocycles. The fraction of sp³-hybridized carbons (Fsp3) is 0.600. The maximum atomic E-state index is 6.91. The molecule has 2 aromatic carbocycles. The Kier molecular flexibility index (Phi) is 10.9. The lowest BCUT2D eigenvalue weighted by Gasteiger charge is -2.33. The molecule has 1 aliphatic carbocycles. The monoisotopic (exact) mass is 472 g/mol. The highest BCUT2D eigenvalue weighted by molar-refractivity contribution is 6.30. The number of unbranched alkanes of at least 4 members (excludes halogenated alkanes) is 4. The van der Waals surface area contributed by atoms with E-state index in [1.807, 2.05) is 0 Å². The van der Waals surface area contributed by atoms with Crippen LogP contribution in [0.15, 0.2) is 48.5 Å². The summed E-state index contributed by atoms with van der Waals surface area (Å²) in [6, 6.07) is 17.8. The van der Waals surface area contributed by atoms with Gasteiger partial charge in [0.05, 0.1) is 10.8 Å². The predicted molar refractivity (Wildman–Crippen MR) is 143 cm³/mol. The average molecular weight is 474 g/mol. The van der Waals surface area contributed by atoms with Crippen molar-refractivity contribution in [3.63, 3.8) is 0 Å². The largest absolute Gasteiger partial charge is 0.121 e. The summed E-state index contributed by atoms with van der Waals surface area (Å²) < 4.78 is 0. The van der Waals surface area contributed by atoms with Crippen molar-refractivity contribution in [2.24, 2.45) is 11.8 Å². The van der Waals surface area contributed by atoms with Gasteiger partial charge in [-0.1, -0.05) is 114 Å². The van der Waals surface area contributed by atoms with Crippen LogP contribution in [-0.2, 0) is 6.42 Å². The summed E-state index contributed by atoms with van der Waals surface area (Å²) in [4.78, 5) is 0. The van der Waals surface area contributed by atoms with E-state index in [1.165, 1.54) is 93.7 Å². The number of halogens is 2. The zero-order valence-corrected chi connectivity index (χ0v) is 21.7. The molecule has 2 atom stereocenters. The summed E-state index contributed by atoms with van der Waals surface area (Å²) in [5, 5.41) is -0.102. The molecule has 32 heavy (non-hydrogen) atoms. The summed E-state index contributed by atoms with van der Waals surface area (Å²) in [7, 11) is 0. The van der Waals surface area contributed by atoms with Gasteiger partial charge in [0.25, 0.3) is 0 Å². The molecule has 1 saturated carbocycles. The molecule has 176 valence electrons. The van der Waals surface area contributed by atoms with E-state index in [-0.39, 0.29) is 10.8 Å². The molecular formula is C30H42Cl2. The van der Waals surface area contributed by atoms with Gasteiger partial charge < -0.3 is 0 Å². The van der Waals surface area contributed by atoms with E-state index < -0.39 is 0 Å². The molecule has 0 amide bonds. The van der Waals surface area contributed by atoms with Crippen LogP contribution < -0.4 is 0 Å². The number of alkyl halides is 2. The Balaban J connectivity index is 1.51. The molecule has 0 aliphatic heterocycles. The quantitative estimate of drug-likeness (QED) is 0.212. The second-order valence-electron chi connectivity index (χ2n) is 9.90. The molecule has 0 radical (unpaired) electrons. The third-order valence-corrected chi connectivity index (χ3v) is 8.68. The van der Waals surface area contributed by atoms with Crippen molar-refractivity contribution < 1.29 is 0 Å². The maximum absolute atomic E-state index is 6.91. The van der Waals surface area contributed by atoms with Gasteiger partial charge in [-0.3, -0.25) is 0 Å². The smallest absolute Gasteiger partial charge is 0.0751 e. The second-order valence-corrected chi connectivity index (χ2v) is 10.9. The Morgan fingerprint density at radius 3 is 1.88 bits per heavy atom. The van der Waals surface area contributed by atoms with Crippen LogP contribution in [0, 0.1) is 11.8 Å². The summed E-state index contributed by atoms with van der Waals surface area (Å²) in [5.74, 6) is 1.45. The van der Waals surface area contributed by atoms with Crippen molar-refractivity contribution in [1.82, 2.24) is 0 Å². The maximum Gasteiger partial charge on any atom is 0.0751 e. The molecular weight excluding hydrogens is 431 g/mol. The van der Waals surface area contributed by atoms with Crippen LogP contribution in [0.25, 0.3) is 11.1 Å². The van der Waals surface area contributed by atoms with E-state index in [1.54, 1.807) is 0 Å². The molecule has 3 rings (SSSR count). The third-order valence-electron chi connectivity index (χ3n) is 7.42. The first-order valence-corrected chi connectivity index (χ1v) is 14.0. The summed E-state index contributed by atoms with van der Waals surface area (Å²) in [5.41, 5.74) is 5.10. The van der Waals surface area contributed by atoms with Crippen LogP contribution in [0.1, 0.15) is 101 Å². The van der Waals surface area contributed by atoms with Gasteiger partial charge in [-0.15, -0.1) is 23.2 Å². The topological polar surface area (TPSA) is 0 Å². The fourth-order valence-corrected chi connectivity index (χ4v) is 5.95. The zero-order valence-electron chi connectivity index (χ0n) is 20.2. The first kappa shape index (κ1) is 25.6. The number of rotatable bonds is 12. The Morgan fingerprint density at radius 1 is 0.719 bits per heavy atom. The lowest BCUT2D eigenvalue weighted by Crippen LogP contribution is -2.25. The third kappa shape index (κ3) is 7.53. The number of aryl methyl sites for hydroxylation is 1. The first-order chi connectivity index (χ1) is 15.6. The first-order valence-electron chi connectivity index (χ1n) is 13.1. The Labute approximate surface area is 207 Å². The molecule has 2 aromatic rings. The molecule has 0 spiro atoms. The zero-order chi connectivity index (χ0) is 22.8. The SMILES string of the molecule is CCCCCc1ccc(-c2ccc([C@@H](Cl)[C@@H](Cl)C3CCC(CCCCC)CC3)cc2)cc1.